The van der Waals surface area contributed by atoms with Gasteiger partial charge in [0.1, 0.15) is 5.75 Å². The van der Waals surface area contributed by atoms with E-state index in [1.807, 2.05) is 38.1 Å². The van der Waals surface area contributed by atoms with Crippen LogP contribution < -0.4 is 9.47 Å². The van der Waals surface area contributed by atoms with Crippen LogP contribution >= 0.6 is 0 Å². The summed E-state index contributed by atoms with van der Waals surface area (Å²) in [6, 6.07) is 16.2. The van der Waals surface area contributed by atoms with Gasteiger partial charge >= 0.3 is 0 Å². The number of aryl methyl sites for hydroxylation is 2. The molecule has 3 aromatic rings. The van der Waals surface area contributed by atoms with E-state index < -0.39 is 0 Å². The zero-order valence-electron chi connectivity index (χ0n) is 20.0. The van der Waals surface area contributed by atoms with Gasteiger partial charge in [-0.1, -0.05) is 36.4 Å². The van der Waals surface area contributed by atoms with Gasteiger partial charge in [0.2, 0.25) is 11.8 Å². The van der Waals surface area contributed by atoms with Crippen LogP contribution in [-0.2, 0) is 24.8 Å². The molecular formula is C26H32N4O3. The van der Waals surface area contributed by atoms with Crippen LogP contribution in [0.1, 0.15) is 16.8 Å². The summed E-state index contributed by atoms with van der Waals surface area (Å²) in [5, 5.41) is 4.51. The van der Waals surface area contributed by atoms with Crippen LogP contribution in [0.3, 0.4) is 0 Å². The number of piperazine rings is 1. The zero-order chi connectivity index (χ0) is 23.5. The Morgan fingerprint density at radius 2 is 1.76 bits per heavy atom. The highest BCUT2D eigenvalue weighted by Gasteiger charge is 2.34. The number of hydrogen-bond donors (Lipinski definition) is 0. The van der Waals surface area contributed by atoms with Gasteiger partial charge < -0.3 is 14.4 Å². The third-order valence-electron chi connectivity index (χ3n) is 6.45. The van der Waals surface area contributed by atoms with Gasteiger partial charge in [-0.05, 0) is 42.2 Å². The maximum absolute atomic E-state index is 13.2. The van der Waals surface area contributed by atoms with E-state index in [1.54, 1.807) is 18.9 Å². The van der Waals surface area contributed by atoms with Crippen molar-refractivity contribution < 1.29 is 14.3 Å². The lowest BCUT2D eigenvalue weighted by Crippen LogP contribution is -2.56. The highest BCUT2D eigenvalue weighted by molar-refractivity contribution is 5.83. The quantitative estimate of drug-likeness (QED) is 0.555. The molecule has 0 saturated carbocycles. The Kier molecular flexibility index (Phi) is 6.70. The van der Waals surface area contributed by atoms with Gasteiger partial charge in [0.05, 0.1) is 31.5 Å². The molecule has 1 unspecified atom stereocenters. The topological polar surface area (TPSA) is 59.8 Å². The van der Waals surface area contributed by atoms with E-state index in [2.05, 4.69) is 46.4 Å². The molecule has 2 heterocycles. The Morgan fingerprint density at radius 1 is 1.00 bits per heavy atom. The highest BCUT2D eigenvalue weighted by Crippen LogP contribution is 2.28. The second-order valence-electron chi connectivity index (χ2n) is 8.58. The Labute approximate surface area is 195 Å². The summed E-state index contributed by atoms with van der Waals surface area (Å²) >= 11 is 0. The molecule has 1 aliphatic rings. The number of likely N-dealkylation sites (N-methyl/N-ethyl adjacent to an activating group) is 1. The Balaban J connectivity index is 1.59. The number of nitrogens with zero attached hydrogens (tertiary/aromatic N) is 4. The van der Waals surface area contributed by atoms with Crippen LogP contribution in [0.4, 0.5) is 0 Å². The number of methoxy groups -OCH3 is 2. The van der Waals surface area contributed by atoms with Crippen LogP contribution in [0.15, 0.2) is 48.5 Å². The van der Waals surface area contributed by atoms with E-state index in [-0.39, 0.29) is 11.9 Å². The molecule has 1 saturated heterocycles. The molecule has 0 spiro atoms. The van der Waals surface area contributed by atoms with Crippen molar-refractivity contribution in [3.63, 3.8) is 0 Å². The van der Waals surface area contributed by atoms with E-state index >= 15 is 0 Å². The molecule has 0 radical (unpaired) electrons. The molecule has 7 heteroatoms. The average Bonchev–Trinajstić information content (AvgIpc) is 3.10. The van der Waals surface area contributed by atoms with Crippen LogP contribution in [0.2, 0.25) is 0 Å². The van der Waals surface area contributed by atoms with Crippen LogP contribution in [-0.4, -0.2) is 65.9 Å². The second kappa shape index (κ2) is 9.67. The minimum atomic E-state index is -0.237. The fourth-order valence-corrected chi connectivity index (χ4v) is 4.57. The van der Waals surface area contributed by atoms with Gasteiger partial charge in [0.15, 0.2) is 0 Å². The summed E-state index contributed by atoms with van der Waals surface area (Å²) in [5.41, 5.74) is 5.35. The summed E-state index contributed by atoms with van der Waals surface area (Å²) < 4.78 is 12.6. The van der Waals surface area contributed by atoms with Gasteiger partial charge in [-0.3, -0.25) is 9.69 Å². The third kappa shape index (κ3) is 4.73. The number of rotatable bonds is 7. The van der Waals surface area contributed by atoms with Gasteiger partial charge in [-0.15, -0.1) is 0 Å². The Hall–Kier alpha value is -3.32. The maximum Gasteiger partial charge on any atom is 0.240 e. The molecule has 1 amide bonds. The summed E-state index contributed by atoms with van der Waals surface area (Å²) in [6.45, 7) is 4.14. The lowest BCUT2D eigenvalue weighted by atomic mass is 9.97. The molecule has 1 fully saturated rings. The number of amides is 1. The summed E-state index contributed by atoms with van der Waals surface area (Å²) in [6.07, 6.45) is 0.648. The second-order valence-corrected chi connectivity index (χ2v) is 8.58. The van der Waals surface area contributed by atoms with Gasteiger partial charge in [0.25, 0.3) is 0 Å². The van der Waals surface area contributed by atoms with Crippen molar-refractivity contribution >= 4 is 5.91 Å². The fourth-order valence-electron chi connectivity index (χ4n) is 4.57. The van der Waals surface area contributed by atoms with Gasteiger partial charge in [-0.25, -0.2) is 4.68 Å². The van der Waals surface area contributed by atoms with E-state index in [0.717, 1.165) is 46.1 Å². The minimum Gasteiger partial charge on any atom is -0.497 e. The Bertz CT molecular complexity index is 1120. The van der Waals surface area contributed by atoms with Crippen molar-refractivity contribution in [1.29, 1.82) is 0 Å². The standard InChI is InChI=1S/C26H32N4O3/c1-18-23(26(33-5)29(3)27-18)17-30-14-13-28(2)25(31)24(30)16-19-7-6-8-21(15-19)20-9-11-22(32-4)12-10-20/h6-12,15,24H,13-14,16-17H2,1-5H3. The van der Waals surface area contributed by atoms with Crippen LogP contribution in [0, 0.1) is 6.92 Å². The average molecular weight is 449 g/mol. The van der Waals surface area contributed by atoms with Gasteiger partial charge in [-0.2, -0.15) is 5.10 Å². The lowest BCUT2D eigenvalue weighted by Gasteiger charge is -2.39. The Morgan fingerprint density at radius 3 is 2.45 bits per heavy atom. The predicted molar refractivity (Wildman–Crippen MR) is 128 cm³/mol. The summed E-state index contributed by atoms with van der Waals surface area (Å²) in [4.78, 5) is 17.3. The van der Waals surface area contributed by atoms with Crippen LogP contribution in [0.25, 0.3) is 11.1 Å². The predicted octanol–water partition coefficient (Wildman–Crippen LogP) is 3.30. The van der Waals surface area contributed by atoms with E-state index in [4.69, 9.17) is 9.47 Å². The third-order valence-corrected chi connectivity index (χ3v) is 6.45. The van der Waals surface area contributed by atoms with Crippen molar-refractivity contribution in [3.05, 3.63) is 65.4 Å². The van der Waals surface area contributed by atoms with Crippen molar-refractivity contribution in [3.8, 4) is 22.8 Å². The molecular weight excluding hydrogens is 416 g/mol. The van der Waals surface area contributed by atoms with E-state index in [9.17, 15) is 4.79 Å². The first-order valence-corrected chi connectivity index (χ1v) is 11.2. The molecule has 1 aromatic heterocycles. The largest absolute Gasteiger partial charge is 0.497 e. The summed E-state index contributed by atoms with van der Waals surface area (Å²) in [5.74, 6) is 1.73. The van der Waals surface area contributed by atoms with E-state index in [0.29, 0.717) is 19.5 Å². The summed E-state index contributed by atoms with van der Waals surface area (Å²) in [7, 11) is 7.10. The molecule has 1 aliphatic heterocycles. The number of carbonyl (C=O) groups is 1. The molecule has 7 nitrogen and oxygen atoms in total. The number of benzene rings is 2. The van der Waals surface area contributed by atoms with E-state index in [1.165, 1.54) is 0 Å². The normalized spacial score (nSPS) is 16.8. The SMILES string of the molecule is COc1ccc(-c2cccc(CC3C(=O)N(C)CCN3Cc3c(C)nn(C)c3OC)c2)cc1. The smallest absolute Gasteiger partial charge is 0.240 e. The maximum atomic E-state index is 13.2. The highest BCUT2D eigenvalue weighted by atomic mass is 16.5. The molecule has 0 bridgehead atoms. The zero-order valence-corrected chi connectivity index (χ0v) is 20.0. The van der Waals surface area contributed by atoms with Crippen molar-refractivity contribution in [2.24, 2.45) is 7.05 Å². The van der Waals surface area contributed by atoms with Gasteiger partial charge in [0, 0.05) is 33.7 Å². The first kappa shape index (κ1) is 22.9. The number of hydrogen-bond acceptors (Lipinski definition) is 5. The van der Waals surface area contributed by atoms with Crippen LogP contribution in [0.5, 0.6) is 11.6 Å². The molecule has 1 atom stereocenters. The molecule has 0 N–H and O–H groups in total. The minimum absolute atomic E-state index is 0.150. The number of carbonyl (C=O) groups excluding carboxylic acids is 1. The molecule has 174 valence electrons. The first-order valence-electron chi connectivity index (χ1n) is 11.2. The van der Waals surface area contributed by atoms with Crippen molar-refractivity contribution in [2.75, 3.05) is 34.4 Å². The fraction of sp³-hybridized carbons (Fsp3) is 0.385. The monoisotopic (exact) mass is 448 g/mol. The molecule has 4 rings (SSSR count). The van der Waals surface area contributed by atoms with Crippen molar-refractivity contribution in [1.82, 2.24) is 19.6 Å². The number of ether oxygens (including phenoxy) is 2. The molecule has 2 aromatic carbocycles. The first-order chi connectivity index (χ1) is 15.9. The number of aromatic nitrogens is 2. The molecule has 33 heavy (non-hydrogen) atoms. The molecule has 0 aliphatic carbocycles. The van der Waals surface area contributed by atoms with Crippen molar-refractivity contribution in [2.45, 2.75) is 25.9 Å². The lowest BCUT2D eigenvalue weighted by molar-refractivity contribution is -0.140.